The quantitative estimate of drug-likeness (QED) is 0.752. The van der Waals surface area contributed by atoms with Crippen LogP contribution in [0.5, 0.6) is 0 Å². The zero-order chi connectivity index (χ0) is 12.5. The molecule has 2 nitrogen and oxygen atoms in total. The maximum atomic E-state index is 12.4. The Bertz CT molecular complexity index is 480. The fourth-order valence-corrected chi connectivity index (χ4v) is 4.24. The van der Waals surface area contributed by atoms with Crippen molar-refractivity contribution in [3.63, 3.8) is 0 Å². The molecule has 0 bridgehead atoms. The van der Waals surface area contributed by atoms with Crippen LogP contribution in [0, 0.1) is 11.8 Å². The van der Waals surface area contributed by atoms with Gasteiger partial charge in [-0.1, -0.05) is 32.1 Å². The van der Waals surface area contributed by atoms with Gasteiger partial charge in [0.25, 0.3) is 0 Å². The Labute approximate surface area is 104 Å². The molecule has 2 atom stereocenters. The summed E-state index contributed by atoms with van der Waals surface area (Å²) in [5.41, 5.74) is 0. The summed E-state index contributed by atoms with van der Waals surface area (Å²) in [6.45, 7) is 4.17. The molecule has 17 heavy (non-hydrogen) atoms. The second-order valence-corrected chi connectivity index (χ2v) is 7.25. The predicted octanol–water partition coefficient (Wildman–Crippen LogP) is 3.59. The molecule has 0 fully saturated rings. The molecule has 0 N–H and O–H groups in total. The van der Waals surface area contributed by atoms with Crippen LogP contribution in [-0.2, 0) is 9.84 Å². The number of hydrogen-bond acceptors (Lipinski definition) is 2. The fraction of sp³-hybridized carbons (Fsp3) is 0.571. The number of hydrogen-bond donors (Lipinski definition) is 0. The molecule has 94 valence electrons. The van der Waals surface area contributed by atoms with Gasteiger partial charge in [0.2, 0.25) is 9.84 Å². The van der Waals surface area contributed by atoms with Crippen LogP contribution in [-0.4, -0.2) is 8.42 Å². The maximum absolute atomic E-state index is 12.4. The van der Waals surface area contributed by atoms with Crippen molar-refractivity contribution in [1.82, 2.24) is 0 Å². The number of rotatable bonds is 2. The molecule has 2 aliphatic rings. The van der Waals surface area contributed by atoms with Crippen LogP contribution in [0.3, 0.4) is 0 Å². The summed E-state index contributed by atoms with van der Waals surface area (Å²) in [5.74, 6) is 0.807. The number of sulfone groups is 1. The van der Waals surface area contributed by atoms with E-state index in [1.807, 2.05) is 18.2 Å². The SMILES string of the molecule is CC1C=C(S(=O)(=O)C2=CCCC(C)C2)C=CC1. The smallest absolute Gasteiger partial charge is 0.202 e. The third kappa shape index (κ3) is 2.71. The Morgan fingerprint density at radius 3 is 2.71 bits per heavy atom. The topological polar surface area (TPSA) is 34.1 Å². The standard InChI is InChI=1S/C14H20O2S/c1-11-5-3-7-13(9-11)17(15,16)14-8-4-6-12(2)10-14/h3,7-9,11-12H,4-6,10H2,1-2H3. The van der Waals surface area contributed by atoms with Gasteiger partial charge in [-0.25, -0.2) is 8.42 Å². The third-order valence-electron chi connectivity index (χ3n) is 3.48. The zero-order valence-electron chi connectivity index (χ0n) is 10.5. The minimum absolute atomic E-state index is 0.325. The first-order valence-corrected chi connectivity index (χ1v) is 7.81. The molecule has 3 heteroatoms. The van der Waals surface area contributed by atoms with Gasteiger partial charge in [-0.15, -0.1) is 0 Å². The molecular formula is C14H20O2S. The highest BCUT2D eigenvalue weighted by Gasteiger charge is 2.26. The van der Waals surface area contributed by atoms with Crippen LogP contribution >= 0.6 is 0 Å². The zero-order valence-corrected chi connectivity index (χ0v) is 11.3. The molecule has 0 radical (unpaired) electrons. The summed E-state index contributed by atoms with van der Waals surface area (Å²) in [7, 11) is -3.22. The van der Waals surface area contributed by atoms with Crippen LogP contribution in [0.15, 0.2) is 34.1 Å². The average molecular weight is 252 g/mol. The van der Waals surface area contributed by atoms with Gasteiger partial charge in [0.1, 0.15) is 0 Å². The molecule has 2 unspecified atom stereocenters. The predicted molar refractivity (Wildman–Crippen MR) is 71.0 cm³/mol. The number of allylic oxidation sites excluding steroid dienone is 5. The lowest BCUT2D eigenvalue weighted by molar-refractivity contribution is 0.514. The lowest BCUT2D eigenvalue weighted by atomic mass is 9.96. The molecule has 0 aromatic rings. The van der Waals surface area contributed by atoms with Crippen molar-refractivity contribution in [2.24, 2.45) is 11.8 Å². The van der Waals surface area contributed by atoms with Gasteiger partial charge >= 0.3 is 0 Å². The van der Waals surface area contributed by atoms with E-state index < -0.39 is 9.84 Å². The highest BCUT2D eigenvalue weighted by molar-refractivity contribution is 7.99. The van der Waals surface area contributed by atoms with Crippen LogP contribution in [0.4, 0.5) is 0 Å². The van der Waals surface area contributed by atoms with Crippen LogP contribution in [0.25, 0.3) is 0 Å². The van der Waals surface area contributed by atoms with Gasteiger partial charge in [0.05, 0.1) is 4.91 Å². The lowest BCUT2D eigenvalue weighted by Gasteiger charge is -2.21. The van der Waals surface area contributed by atoms with Gasteiger partial charge in [-0.05, 0) is 43.6 Å². The Balaban J connectivity index is 2.31. The molecule has 0 saturated heterocycles. The van der Waals surface area contributed by atoms with E-state index in [0.29, 0.717) is 28.1 Å². The molecule has 0 aliphatic heterocycles. The first-order chi connectivity index (χ1) is 8.00. The fourth-order valence-electron chi connectivity index (χ4n) is 2.41. The molecule has 0 spiro atoms. The van der Waals surface area contributed by atoms with E-state index in [4.69, 9.17) is 0 Å². The van der Waals surface area contributed by atoms with E-state index in [-0.39, 0.29) is 0 Å². The lowest BCUT2D eigenvalue weighted by Crippen LogP contribution is -2.14. The molecular weight excluding hydrogens is 232 g/mol. The second kappa shape index (κ2) is 4.81. The Hall–Kier alpha value is -0.830. The van der Waals surface area contributed by atoms with Crippen molar-refractivity contribution < 1.29 is 8.42 Å². The Kier molecular flexibility index (Phi) is 3.57. The highest BCUT2D eigenvalue weighted by Crippen LogP contribution is 2.32. The van der Waals surface area contributed by atoms with E-state index in [0.717, 1.165) is 19.3 Å². The molecule has 0 saturated carbocycles. The van der Waals surface area contributed by atoms with Crippen molar-refractivity contribution in [2.45, 2.75) is 39.5 Å². The molecule has 2 rings (SSSR count). The third-order valence-corrected chi connectivity index (χ3v) is 5.39. The summed E-state index contributed by atoms with van der Waals surface area (Å²) in [6.07, 6.45) is 11.1. The Morgan fingerprint density at radius 2 is 2.06 bits per heavy atom. The first-order valence-electron chi connectivity index (χ1n) is 6.32. The first kappa shape index (κ1) is 12.6. The van der Waals surface area contributed by atoms with E-state index in [1.165, 1.54) is 0 Å². The Morgan fingerprint density at radius 1 is 1.29 bits per heavy atom. The highest BCUT2D eigenvalue weighted by atomic mass is 32.2. The average Bonchev–Trinajstić information content (AvgIpc) is 2.29. The van der Waals surface area contributed by atoms with Gasteiger partial charge in [-0.3, -0.25) is 0 Å². The summed E-state index contributed by atoms with van der Waals surface area (Å²) in [4.78, 5) is 1.12. The van der Waals surface area contributed by atoms with Crippen LogP contribution in [0.1, 0.15) is 39.5 Å². The van der Waals surface area contributed by atoms with E-state index in [1.54, 1.807) is 6.08 Å². The maximum Gasteiger partial charge on any atom is 0.202 e. The van der Waals surface area contributed by atoms with E-state index in [9.17, 15) is 8.42 Å². The van der Waals surface area contributed by atoms with E-state index in [2.05, 4.69) is 13.8 Å². The summed E-state index contributed by atoms with van der Waals surface area (Å²) >= 11 is 0. The van der Waals surface area contributed by atoms with Crippen molar-refractivity contribution in [1.29, 1.82) is 0 Å². The van der Waals surface area contributed by atoms with Crippen molar-refractivity contribution in [2.75, 3.05) is 0 Å². The van der Waals surface area contributed by atoms with Gasteiger partial charge in [0, 0.05) is 4.91 Å². The normalized spacial score (nSPS) is 29.8. The van der Waals surface area contributed by atoms with Crippen LogP contribution in [0.2, 0.25) is 0 Å². The second-order valence-electron chi connectivity index (χ2n) is 5.24. The van der Waals surface area contributed by atoms with Crippen molar-refractivity contribution in [3.8, 4) is 0 Å². The van der Waals surface area contributed by atoms with E-state index >= 15 is 0 Å². The molecule has 0 heterocycles. The van der Waals surface area contributed by atoms with Gasteiger partial charge in [0.15, 0.2) is 0 Å². The molecule has 2 aliphatic carbocycles. The molecule has 0 aromatic heterocycles. The summed E-state index contributed by atoms with van der Waals surface area (Å²) in [5, 5.41) is 0. The minimum Gasteiger partial charge on any atom is -0.219 e. The molecule has 0 amide bonds. The van der Waals surface area contributed by atoms with Crippen molar-refractivity contribution in [3.05, 3.63) is 34.1 Å². The van der Waals surface area contributed by atoms with Crippen LogP contribution < -0.4 is 0 Å². The monoisotopic (exact) mass is 252 g/mol. The summed E-state index contributed by atoms with van der Waals surface area (Å²) < 4.78 is 24.9. The minimum atomic E-state index is -3.22. The van der Waals surface area contributed by atoms with Crippen molar-refractivity contribution >= 4 is 9.84 Å². The van der Waals surface area contributed by atoms with Gasteiger partial charge < -0.3 is 0 Å². The molecule has 0 aromatic carbocycles. The largest absolute Gasteiger partial charge is 0.219 e. The summed E-state index contributed by atoms with van der Waals surface area (Å²) in [6, 6.07) is 0. The van der Waals surface area contributed by atoms with Gasteiger partial charge in [-0.2, -0.15) is 0 Å².